The summed E-state index contributed by atoms with van der Waals surface area (Å²) in [6.45, 7) is 3.17. The SMILES string of the molecule is C[C@H](NC(=O)c1ccc(Cl)cc1)C(=O)N1CCOC(c2ccccc2)C1. The van der Waals surface area contributed by atoms with E-state index in [1.165, 1.54) is 0 Å². The Kier molecular flexibility index (Phi) is 5.91. The minimum atomic E-state index is -0.618. The zero-order chi connectivity index (χ0) is 18.5. The Balaban J connectivity index is 1.60. The highest BCUT2D eigenvalue weighted by Crippen LogP contribution is 2.22. The molecular weight excluding hydrogens is 352 g/mol. The number of nitrogens with zero attached hydrogens (tertiary/aromatic N) is 1. The van der Waals surface area contributed by atoms with Crippen molar-refractivity contribution in [1.29, 1.82) is 0 Å². The van der Waals surface area contributed by atoms with E-state index in [-0.39, 0.29) is 17.9 Å². The molecule has 5 nitrogen and oxygen atoms in total. The lowest BCUT2D eigenvalue weighted by atomic mass is 10.1. The normalized spacial score (nSPS) is 18.2. The molecule has 1 aliphatic rings. The number of hydrogen-bond donors (Lipinski definition) is 1. The molecule has 2 amide bonds. The molecule has 1 aliphatic heterocycles. The summed E-state index contributed by atoms with van der Waals surface area (Å²) in [6, 6.07) is 15.8. The molecule has 1 saturated heterocycles. The van der Waals surface area contributed by atoms with Crippen LogP contribution in [0.4, 0.5) is 0 Å². The molecule has 26 heavy (non-hydrogen) atoms. The summed E-state index contributed by atoms with van der Waals surface area (Å²) >= 11 is 5.83. The fraction of sp³-hybridized carbons (Fsp3) is 0.300. The zero-order valence-corrected chi connectivity index (χ0v) is 15.3. The number of halogens is 1. The molecule has 0 radical (unpaired) electrons. The number of morpholine rings is 1. The standard InChI is InChI=1S/C20H21ClN2O3/c1-14(22-19(24)16-7-9-17(21)10-8-16)20(25)23-11-12-26-18(13-23)15-5-3-2-4-6-15/h2-10,14,18H,11-13H2,1H3,(H,22,24)/t14-,18?/m0/s1. The van der Waals surface area contributed by atoms with Crippen molar-refractivity contribution in [3.05, 3.63) is 70.7 Å². The van der Waals surface area contributed by atoms with Crippen molar-refractivity contribution in [2.75, 3.05) is 19.7 Å². The smallest absolute Gasteiger partial charge is 0.251 e. The van der Waals surface area contributed by atoms with Crippen LogP contribution in [0.1, 0.15) is 28.9 Å². The van der Waals surface area contributed by atoms with Gasteiger partial charge in [0.15, 0.2) is 0 Å². The highest BCUT2D eigenvalue weighted by Gasteiger charge is 2.28. The molecule has 136 valence electrons. The van der Waals surface area contributed by atoms with E-state index in [9.17, 15) is 9.59 Å². The highest BCUT2D eigenvalue weighted by atomic mass is 35.5. The predicted octanol–water partition coefficient (Wildman–Crippen LogP) is 3.06. The molecule has 0 saturated carbocycles. The molecule has 6 heteroatoms. The van der Waals surface area contributed by atoms with Gasteiger partial charge in [-0.1, -0.05) is 41.9 Å². The van der Waals surface area contributed by atoms with Crippen LogP contribution in [0, 0.1) is 0 Å². The third-order valence-electron chi connectivity index (χ3n) is 4.37. The fourth-order valence-corrected chi connectivity index (χ4v) is 3.06. The molecule has 0 spiro atoms. The predicted molar refractivity (Wildman–Crippen MR) is 100 cm³/mol. The summed E-state index contributed by atoms with van der Waals surface area (Å²) in [5.41, 5.74) is 1.51. The third-order valence-corrected chi connectivity index (χ3v) is 4.63. The van der Waals surface area contributed by atoms with E-state index in [0.717, 1.165) is 5.56 Å². The van der Waals surface area contributed by atoms with E-state index < -0.39 is 6.04 Å². The molecule has 2 aromatic carbocycles. The molecule has 1 heterocycles. The van der Waals surface area contributed by atoms with E-state index in [2.05, 4.69) is 5.32 Å². The largest absolute Gasteiger partial charge is 0.370 e. The van der Waals surface area contributed by atoms with Crippen molar-refractivity contribution >= 4 is 23.4 Å². The van der Waals surface area contributed by atoms with Gasteiger partial charge < -0.3 is 15.0 Å². The quantitative estimate of drug-likeness (QED) is 0.897. The van der Waals surface area contributed by atoms with E-state index in [1.54, 1.807) is 36.1 Å². The fourth-order valence-electron chi connectivity index (χ4n) is 2.94. The van der Waals surface area contributed by atoms with Crippen LogP contribution in [-0.4, -0.2) is 42.5 Å². The van der Waals surface area contributed by atoms with E-state index in [1.807, 2.05) is 30.3 Å². The summed E-state index contributed by atoms with van der Waals surface area (Å²) in [5, 5.41) is 3.31. The minimum absolute atomic E-state index is 0.114. The first-order valence-corrected chi connectivity index (χ1v) is 8.94. The van der Waals surface area contributed by atoms with E-state index in [4.69, 9.17) is 16.3 Å². The van der Waals surface area contributed by atoms with Gasteiger partial charge in [0.2, 0.25) is 5.91 Å². The topological polar surface area (TPSA) is 58.6 Å². The Morgan fingerprint density at radius 2 is 1.85 bits per heavy atom. The summed E-state index contributed by atoms with van der Waals surface area (Å²) < 4.78 is 5.79. The van der Waals surface area contributed by atoms with Gasteiger partial charge in [-0.3, -0.25) is 9.59 Å². The maximum Gasteiger partial charge on any atom is 0.251 e. The van der Waals surface area contributed by atoms with Crippen LogP contribution in [-0.2, 0) is 9.53 Å². The van der Waals surface area contributed by atoms with E-state index >= 15 is 0 Å². The Bertz CT molecular complexity index is 764. The lowest BCUT2D eigenvalue weighted by Crippen LogP contribution is -2.51. The van der Waals surface area contributed by atoms with Gasteiger partial charge in [-0.15, -0.1) is 0 Å². The summed E-state index contributed by atoms with van der Waals surface area (Å²) in [6.07, 6.45) is -0.145. The van der Waals surface area contributed by atoms with Crippen molar-refractivity contribution in [3.8, 4) is 0 Å². The van der Waals surface area contributed by atoms with Crippen LogP contribution in [0.2, 0.25) is 5.02 Å². The summed E-state index contributed by atoms with van der Waals surface area (Å²) in [4.78, 5) is 26.8. The summed E-state index contributed by atoms with van der Waals surface area (Å²) in [5.74, 6) is -0.410. The molecular formula is C20H21ClN2O3. The van der Waals surface area contributed by atoms with Crippen LogP contribution >= 0.6 is 11.6 Å². The van der Waals surface area contributed by atoms with Gasteiger partial charge in [0, 0.05) is 17.1 Å². The van der Waals surface area contributed by atoms with Gasteiger partial charge in [0.1, 0.15) is 12.1 Å². The number of ether oxygens (including phenoxy) is 1. The highest BCUT2D eigenvalue weighted by molar-refractivity contribution is 6.30. The third kappa shape index (κ3) is 4.42. The first-order valence-electron chi connectivity index (χ1n) is 8.56. The zero-order valence-electron chi connectivity index (χ0n) is 14.5. The molecule has 2 atom stereocenters. The van der Waals surface area contributed by atoms with Gasteiger partial charge >= 0.3 is 0 Å². The molecule has 0 aliphatic carbocycles. The number of rotatable bonds is 4. The minimum Gasteiger partial charge on any atom is -0.370 e. The second kappa shape index (κ2) is 8.34. The first-order chi connectivity index (χ1) is 12.5. The van der Waals surface area contributed by atoms with Gasteiger partial charge in [-0.25, -0.2) is 0 Å². The first kappa shape index (κ1) is 18.4. The monoisotopic (exact) mass is 372 g/mol. The maximum atomic E-state index is 12.7. The van der Waals surface area contributed by atoms with Crippen molar-refractivity contribution in [2.24, 2.45) is 0 Å². The number of hydrogen-bond acceptors (Lipinski definition) is 3. The van der Waals surface area contributed by atoms with Gasteiger partial charge in [-0.2, -0.15) is 0 Å². The molecule has 1 N–H and O–H groups in total. The van der Waals surface area contributed by atoms with Crippen molar-refractivity contribution in [2.45, 2.75) is 19.1 Å². The molecule has 0 aromatic heterocycles. The Labute approximate surface area is 157 Å². The van der Waals surface area contributed by atoms with Crippen molar-refractivity contribution in [3.63, 3.8) is 0 Å². The van der Waals surface area contributed by atoms with Crippen LogP contribution in [0.5, 0.6) is 0 Å². The van der Waals surface area contributed by atoms with E-state index in [0.29, 0.717) is 30.3 Å². The number of carbonyl (C=O) groups is 2. The second-order valence-electron chi connectivity index (χ2n) is 6.26. The Morgan fingerprint density at radius 3 is 2.54 bits per heavy atom. The van der Waals surface area contributed by atoms with Gasteiger partial charge in [0.05, 0.1) is 13.2 Å². The van der Waals surface area contributed by atoms with Crippen LogP contribution in [0.15, 0.2) is 54.6 Å². The summed E-state index contributed by atoms with van der Waals surface area (Å²) in [7, 11) is 0. The average molecular weight is 373 g/mol. The molecule has 3 rings (SSSR count). The second-order valence-corrected chi connectivity index (χ2v) is 6.69. The maximum absolute atomic E-state index is 12.7. The molecule has 0 bridgehead atoms. The lowest BCUT2D eigenvalue weighted by molar-refractivity contribution is -0.140. The number of amides is 2. The average Bonchev–Trinajstić information content (AvgIpc) is 2.68. The Hall–Kier alpha value is -2.37. The molecule has 1 unspecified atom stereocenters. The van der Waals surface area contributed by atoms with Crippen LogP contribution in [0.3, 0.4) is 0 Å². The van der Waals surface area contributed by atoms with Gasteiger partial charge in [0.25, 0.3) is 5.91 Å². The molecule has 1 fully saturated rings. The molecule has 2 aromatic rings. The Morgan fingerprint density at radius 1 is 1.15 bits per heavy atom. The number of benzene rings is 2. The van der Waals surface area contributed by atoms with Crippen molar-refractivity contribution < 1.29 is 14.3 Å². The van der Waals surface area contributed by atoms with Gasteiger partial charge in [-0.05, 0) is 36.8 Å². The number of nitrogens with one attached hydrogen (secondary N) is 1. The number of carbonyl (C=O) groups excluding carboxylic acids is 2. The van der Waals surface area contributed by atoms with Crippen LogP contribution in [0.25, 0.3) is 0 Å². The van der Waals surface area contributed by atoms with Crippen molar-refractivity contribution in [1.82, 2.24) is 10.2 Å². The lowest BCUT2D eigenvalue weighted by Gasteiger charge is -2.34. The van der Waals surface area contributed by atoms with Crippen LogP contribution < -0.4 is 5.32 Å².